The standard InChI is InChI=1S/C21H23FO2/c22-19-10-4-8-17-14-23-15-21(20(17)19)11-5-9-18(12-21)24-13-16-6-2-1-3-7-16/h1-4,6-8,10,18H,5,9,11-15H2. The normalized spacial score (nSPS) is 26.3. The molecule has 1 fully saturated rings. The molecule has 1 spiro atoms. The zero-order valence-electron chi connectivity index (χ0n) is 13.8. The van der Waals surface area contributed by atoms with E-state index in [2.05, 4.69) is 12.1 Å². The number of hydrogen-bond acceptors (Lipinski definition) is 2. The Kier molecular flexibility index (Phi) is 4.38. The van der Waals surface area contributed by atoms with E-state index in [4.69, 9.17) is 9.47 Å². The van der Waals surface area contributed by atoms with Crippen LogP contribution in [-0.4, -0.2) is 12.7 Å². The summed E-state index contributed by atoms with van der Waals surface area (Å²) in [6, 6.07) is 15.6. The molecule has 24 heavy (non-hydrogen) atoms. The second kappa shape index (κ2) is 6.66. The highest BCUT2D eigenvalue weighted by Crippen LogP contribution is 2.45. The molecule has 0 N–H and O–H groups in total. The lowest BCUT2D eigenvalue weighted by Crippen LogP contribution is -2.43. The SMILES string of the molecule is Fc1cccc2c1C1(CCCC(OCc3ccccc3)C1)COC2. The van der Waals surface area contributed by atoms with E-state index in [1.54, 1.807) is 12.1 Å². The first kappa shape index (κ1) is 15.8. The zero-order valence-corrected chi connectivity index (χ0v) is 13.8. The predicted octanol–water partition coefficient (Wildman–Crippen LogP) is 4.75. The van der Waals surface area contributed by atoms with Gasteiger partial charge in [0.25, 0.3) is 0 Å². The smallest absolute Gasteiger partial charge is 0.127 e. The number of benzene rings is 2. The summed E-state index contributed by atoms with van der Waals surface area (Å²) >= 11 is 0. The van der Waals surface area contributed by atoms with E-state index in [1.807, 2.05) is 24.3 Å². The van der Waals surface area contributed by atoms with Gasteiger partial charge in [-0.2, -0.15) is 0 Å². The first-order chi connectivity index (χ1) is 11.8. The number of ether oxygens (including phenoxy) is 2. The van der Waals surface area contributed by atoms with Crippen molar-refractivity contribution < 1.29 is 13.9 Å². The summed E-state index contributed by atoms with van der Waals surface area (Å²) in [5, 5.41) is 0. The van der Waals surface area contributed by atoms with Gasteiger partial charge < -0.3 is 9.47 Å². The van der Waals surface area contributed by atoms with Crippen molar-refractivity contribution in [3.63, 3.8) is 0 Å². The fourth-order valence-electron chi connectivity index (χ4n) is 4.31. The van der Waals surface area contributed by atoms with Crippen molar-refractivity contribution >= 4 is 0 Å². The highest BCUT2D eigenvalue weighted by molar-refractivity contribution is 5.38. The lowest BCUT2D eigenvalue weighted by atomic mass is 9.66. The topological polar surface area (TPSA) is 18.5 Å². The summed E-state index contributed by atoms with van der Waals surface area (Å²) in [6.07, 6.45) is 4.07. The predicted molar refractivity (Wildman–Crippen MR) is 91.2 cm³/mol. The van der Waals surface area contributed by atoms with Crippen molar-refractivity contribution in [2.24, 2.45) is 0 Å². The van der Waals surface area contributed by atoms with Crippen molar-refractivity contribution in [3.05, 3.63) is 71.0 Å². The summed E-state index contributed by atoms with van der Waals surface area (Å²) in [4.78, 5) is 0. The zero-order chi connectivity index (χ0) is 16.4. The summed E-state index contributed by atoms with van der Waals surface area (Å²) < 4.78 is 26.6. The Bertz CT molecular complexity index is 700. The maximum absolute atomic E-state index is 14.6. The molecule has 2 aliphatic rings. The molecule has 2 atom stereocenters. The second-order valence-electron chi connectivity index (χ2n) is 7.06. The molecular weight excluding hydrogens is 303 g/mol. The van der Waals surface area contributed by atoms with Crippen molar-refractivity contribution in [2.45, 2.75) is 50.4 Å². The molecule has 0 radical (unpaired) electrons. The van der Waals surface area contributed by atoms with Gasteiger partial charge in [0.1, 0.15) is 5.82 Å². The summed E-state index contributed by atoms with van der Waals surface area (Å²) in [7, 11) is 0. The van der Waals surface area contributed by atoms with E-state index in [0.29, 0.717) is 19.8 Å². The molecule has 1 heterocycles. The number of hydrogen-bond donors (Lipinski definition) is 0. The molecule has 0 aromatic heterocycles. The van der Waals surface area contributed by atoms with Crippen LogP contribution in [0.1, 0.15) is 42.4 Å². The highest BCUT2D eigenvalue weighted by Gasteiger charge is 2.43. The van der Waals surface area contributed by atoms with E-state index in [9.17, 15) is 4.39 Å². The average molecular weight is 326 g/mol. The largest absolute Gasteiger partial charge is 0.376 e. The maximum Gasteiger partial charge on any atom is 0.127 e. The van der Waals surface area contributed by atoms with Crippen LogP contribution in [0.5, 0.6) is 0 Å². The minimum absolute atomic E-state index is 0.0838. The van der Waals surface area contributed by atoms with Crippen LogP contribution < -0.4 is 0 Å². The van der Waals surface area contributed by atoms with Gasteiger partial charge in [-0.15, -0.1) is 0 Å². The van der Waals surface area contributed by atoms with Crippen LogP contribution >= 0.6 is 0 Å². The van der Waals surface area contributed by atoms with Gasteiger partial charge in [0.2, 0.25) is 0 Å². The van der Waals surface area contributed by atoms with Crippen LogP contribution in [0.2, 0.25) is 0 Å². The molecule has 3 heteroatoms. The van der Waals surface area contributed by atoms with Gasteiger partial charge >= 0.3 is 0 Å². The molecule has 0 amide bonds. The third-order valence-corrected chi connectivity index (χ3v) is 5.39. The van der Waals surface area contributed by atoms with Crippen LogP contribution in [-0.2, 0) is 28.1 Å². The molecule has 126 valence electrons. The summed E-state index contributed by atoms with van der Waals surface area (Å²) in [5.74, 6) is -0.0838. The molecule has 4 rings (SSSR count). The molecule has 1 aliphatic carbocycles. The molecule has 2 unspecified atom stereocenters. The molecule has 0 bridgehead atoms. The van der Waals surface area contributed by atoms with E-state index in [0.717, 1.165) is 36.8 Å². The van der Waals surface area contributed by atoms with Crippen molar-refractivity contribution in [1.29, 1.82) is 0 Å². The summed E-state index contributed by atoms with van der Waals surface area (Å²) in [6.45, 7) is 1.74. The molecular formula is C21H23FO2. The number of rotatable bonds is 3. The van der Waals surface area contributed by atoms with Gasteiger partial charge in [0.15, 0.2) is 0 Å². The van der Waals surface area contributed by atoms with E-state index in [1.165, 1.54) is 5.56 Å². The average Bonchev–Trinajstić information content (AvgIpc) is 2.61. The van der Waals surface area contributed by atoms with Gasteiger partial charge in [-0.05, 0) is 42.9 Å². The Morgan fingerprint density at radius 3 is 2.88 bits per heavy atom. The highest BCUT2D eigenvalue weighted by atomic mass is 19.1. The van der Waals surface area contributed by atoms with E-state index in [-0.39, 0.29) is 17.3 Å². The Morgan fingerprint density at radius 1 is 1.12 bits per heavy atom. The number of halogens is 1. The fraction of sp³-hybridized carbons (Fsp3) is 0.429. The Labute approximate surface area is 142 Å². The van der Waals surface area contributed by atoms with Crippen molar-refractivity contribution in [3.8, 4) is 0 Å². The van der Waals surface area contributed by atoms with Crippen LogP contribution in [0, 0.1) is 5.82 Å². The van der Waals surface area contributed by atoms with Crippen LogP contribution in [0.4, 0.5) is 4.39 Å². The van der Waals surface area contributed by atoms with Crippen molar-refractivity contribution in [2.75, 3.05) is 6.61 Å². The second-order valence-corrected chi connectivity index (χ2v) is 7.06. The third kappa shape index (κ3) is 2.99. The fourth-order valence-corrected chi connectivity index (χ4v) is 4.31. The lowest BCUT2D eigenvalue weighted by molar-refractivity contribution is -0.0398. The van der Waals surface area contributed by atoms with E-state index < -0.39 is 0 Å². The first-order valence-corrected chi connectivity index (χ1v) is 8.78. The molecule has 2 nitrogen and oxygen atoms in total. The minimum Gasteiger partial charge on any atom is -0.376 e. The summed E-state index contributed by atoms with van der Waals surface area (Å²) in [5.41, 5.74) is 2.84. The number of fused-ring (bicyclic) bond motifs is 2. The van der Waals surface area contributed by atoms with Crippen LogP contribution in [0.15, 0.2) is 48.5 Å². The van der Waals surface area contributed by atoms with Gasteiger partial charge in [-0.3, -0.25) is 0 Å². The molecule has 2 aromatic rings. The van der Waals surface area contributed by atoms with Gasteiger partial charge in [0, 0.05) is 11.0 Å². The van der Waals surface area contributed by atoms with Crippen molar-refractivity contribution in [1.82, 2.24) is 0 Å². The first-order valence-electron chi connectivity index (χ1n) is 8.78. The maximum atomic E-state index is 14.6. The van der Waals surface area contributed by atoms with Gasteiger partial charge in [-0.1, -0.05) is 42.5 Å². The molecule has 1 saturated carbocycles. The third-order valence-electron chi connectivity index (χ3n) is 5.39. The Balaban J connectivity index is 1.53. The monoisotopic (exact) mass is 326 g/mol. The molecule has 2 aromatic carbocycles. The molecule has 1 aliphatic heterocycles. The van der Waals surface area contributed by atoms with Gasteiger partial charge in [-0.25, -0.2) is 4.39 Å². The quantitative estimate of drug-likeness (QED) is 0.810. The van der Waals surface area contributed by atoms with E-state index >= 15 is 0 Å². The minimum atomic E-state index is -0.224. The Morgan fingerprint density at radius 2 is 2.00 bits per heavy atom. The molecule has 0 saturated heterocycles. The van der Waals surface area contributed by atoms with Crippen LogP contribution in [0.3, 0.4) is 0 Å². The Hall–Kier alpha value is -1.71. The lowest BCUT2D eigenvalue weighted by Gasteiger charge is -2.44. The van der Waals surface area contributed by atoms with Gasteiger partial charge in [0.05, 0.1) is 25.9 Å². The van der Waals surface area contributed by atoms with Crippen LogP contribution in [0.25, 0.3) is 0 Å².